The number of hydrogen-bond donors (Lipinski definition) is 0. The van der Waals surface area contributed by atoms with Crippen LogP contribution in [0.2, 0.25) is 0 Å². The first-order chi connectivity index (χ1) is 11.6. The minimum Gasteiger partial charge on any atom is -0.383 e. The molecule has 136 valence electrons. The fourth-order valence-corrected chi connectivity index (χ4v) is 3.90. The lowest BCUT2D eigenvalue weighted by molar-refractivity contribution is 0.0996. The van der Waals surface area contributed by atoms with Gasteiger partial charge in [-0.2, -0.15) is 4.99 Å². The number of aromatic nitrogens is 1. The molecule has 2 rings (SSSR count). The van der Waals surface area contributed by atoms with Crippen molar-refractivity contribution in [3.63, 3.8) is 0 Å². The molecular formula is C19H25FN2O2S. The minimum atomic E-state index is -0.436. The van der Waals surface area contributed by atoms with Gasteiger partial charge in [0.05, 0.1) is 6.61 Å². The summed E-state index contributed by atoms with van der Waals surface area (Å²) >= 11 is 1.50. The van der Waals surface area contributed by atoms with Gasteiger partial charge in [-0.05, 0) is 37.0 Å². The van der Waals surface area contributed by atoms with Gasteiger partial charge in [0.2, 0.25) is 0 Å². The molecule has 0 fully saturated rings. The number of methoxy groups -OCH3 is 1. The zero-order valence-corrected chi connectivity index (χ0v) is 16.5. The number of amides is 1. The number of rotatable bonds is 4. The molecule has 0 atom stereocenters. The van der Waals surface area contributed by atoms with E-state index in [0.29, 0.717) is 29.1 Å². The Bertz CT molecular complexity index is 844. The van der Waals surface area contributed by atoms with Crippen LogP contribution in [-0.4, -0.2) is 24.2 Å². The Morgan fingerprint density at radius 1 is 1.32 bits per heavy atom. The first-order valence-corrected chi connectivity index (χ1v) is 9.01. The molecule has 0 aliphatic carbocycles. The first-order valence-electron chi connectivity index (χ1n) is 8.20. The Hall–Kier alpha value is -1.79. The van der Waals surface area contributed by atoms with Gasteiger partial charge in [-0.3, -0.25) is 4.79 Å². The van der Waals surface area contributed by atoms with Gasteiger partial charge in [0.15, 0.2) is 4.80 Å². The highest BCUT2D eigenvalue weighted by Crippen LogP contribution is 2.28. The maximum absolute atomic E-state index is 13.5. The topological polar surface area (TPSA) is 43.6 Å². The van der Waals surface area contributed by atoms with Crippen LogP contribution in [0.5, 0.6) is 0 Å². The highest BCUT2D eigenvalue weighted by atomic mass is 32.1. The largest absolute Gasteiger partial charge is 0.383 e. The van der Waals surface area contributed by atoms with Crippen LogP contribution in [0.3, 0.4) is 0 Å². The third kappa shape index (κ3) is 4.44. The summed E-state index contributed by atoms with van der Waals surface area (Å²) in [4.78, 5) is 18.7. The molecule has 0 saturated heterocycles. The van der Waals surface area contributed by atoms with E-state index in [9.17, 15) is 9.18 Å². The summed E-state index contributed by atoms with van der Waals surface area (Å²) in [5, 5.41) is 0. The molecule has 0 radical (unpaired) electrons. The maximum atomic E-state index is 13.5. The van der Waals surface area contributed by atoms with Crippen LogP contribution in [0, 0.1) is 19.7 Å². The van der Waals surface area contributed by atoms with Gasteiger partial charge in [0, 0.05) is 29.8 Å². The molecule has 2 aromatic rings. The second-order valence-electron chi connectivity index (χ2n) is 7.07. The molecule has 4 nitrogen and oxygen atoms in total. The van der Waals surface area contributed by atoms with Gasteiger partial charge < -0.3 is 9.30 Å². The first kappa shape index (κ1) is 19.5. The Morgan fingerprint density at radius 2 is 2.00 bits per heavy atom. The van der Waals surface area contributed by atoms with E-state index >= 15 is 0 Å². The van der Waals surface area contributed by atoms with E-state index in [2.05, 4.69) is 25.8 Å². The fourth-order valence-electron chi connectivity index (χ4n) is 2.68. The average Bonchev–Trinajstić information content (AvgIpc) is 2.83. The molecule has 0 aliphatic rings. The Labute approximate surface area is 152 Å². The molecule has 6 heteroatoms. The number of halogens is 1. The van der Waals surface area contributed by atoms with Crippen molar-refractivity contribution in [2.45, 2.75) is 46.6 Å². The molecule has 0 aliphatic heterocycles. The number of carbonyl (C=O) groups excluding carboxylic acids is 1. The van der Waals surface area contributed by atoms with Crippen molar-refractivity contribution in [1.82, 2.24) is 4.57 Å². The SMILES string of the molecule is COCCn1c(C)c(C(C)(C)C)sc1=NC(=O)c1cc(F)ccc1C. The average molecular weight is 364 g/mol. The summed E-state index contributed by atoms with van der Waals surface area (Å²) in [5.41, 5.74) is 2.04. The third-order valence-electron chi connectivity index (χ3n) is 3.99. The van der Waals surface area contributed by atoms with Gasteiger partial charge in [0.25, 0.3) is 5.91 Å². The molecule has 0 bridgehead atoms. The fraction of sp³-hybridized carbons (Fsp3) is 0.474. The van der Waals surface area contributed by atoms with Gasteiger partial charge in [-0.15, -0.1) is 11.3 Å². The van der Waals surface area contributed by atoms with E-state index in [1.54, 1.807) is 20.1 Å². The van der Waals surface area contributed by atoms with E-state index in [-0.39, 0.29) is 5.41 Å². The Morgan fingerprint density at radius 3 is 2.60 bits per heavy atom. The summed E-state index contributed by atoms with van der Waals surface area (Å²) in [7, 11) is 1.64. The quantitative estimate of drug-likeness (QED) is 0.823. The van der Waals surface area contributed by atoms with Crippen molar-refractivity contribution in [2.75, 3.05) is 13.7 Å². The number of carbonyl (C=O) groups is 1. The highest BCUT2D eigenvalue weighted by Gasteiger charge is 2.22. The monoisotopic (exact) mass is 364 g/mol. The van der Waals surface area contributed by atoms with Crippen LogP contribution in [-0.2, 0) is 16.7 Å². The Kier molecular flexibility index (Phi) is 5.95. The predicted molar refractivity (Wildman–Crippen MR) is 98.7 cm³/mol. The standard InChI is InChI=1S/C19H25FN2O2S/c1-12-7-8-14(20)11-15(12)17(23)21-18-22(9-10-24-6)13(2)16(25-18)19(3,4)5/h7-8,11H,9-10H2,1-6H3. The van der Waals surface area contributed by atoms with E-state index in [0.717, 1.165) is 5.69 Å². The minimum absolute atomic E-state index is 0.0465. The number of nitrogens with zero attached hydrogens (tertiary/aromatic N) is 2. The normalized spacial score (nSPS) is 12.7. The molecule has 0 unspecified atom stereocenters. The van der Waals surface area contributed by atoms with E-state index in [1.165, 1.54) is 28.3 Å². The van der Waals surface area contributed by atoms with Gasteiger partial charge >= 0.3 is 0 Å². The molecule has 1 amide bonds. The molecular weight excluding hydrogens is 339 g/mol. The number of hydrogen-bond acceptors (Lipinski definition) is 3. The summed E-state index contributed by atoms with van der Waals surface area (Å²) in [6, 6.07) is 4.18. The van der Waals surface area contributed by atoms with Crippen LogP contribution < -0.4 is 4.80 Å². The number of aryl methyl sites for hydroxylation is 1. The van der Waals surface area contributed by atoms with Crippen LogP contribution in [0.1, 0.15) is 47.3 Å². The lowest BCUT2D eigenvalue weighted by Gasteiger charge is -2.17. The molecule has 0 N–H and O–H groups in total. The van der Waals surface area contributed by atoms with Crippen molar-refractivity contribution in [3.05, 3.63) is 50.5 Å². The van der Waals surface area contributed by atoms with Crippen molar-refractivity contribution < 1.29 is 13.9 Å². The number of ether oxygens (including phenoxy) is 1. The van der Waals surface area contributed by atoms with Gasteiger partial charge in [-0.1, -0.05) is 26.8 Å². The van der Waals surface area contributed by atoms with Crippen LogP contribution in [0.25, 0.3) is 0 Å². The molecule has 1 heterocycles. The summed E-state index contributed by atoms with van der Waals surface area (Å²) < 4.78 is 20.7. The van der Waals surface area contributed by atoms with Crippen LogP contribution in [0.15, 0.2) is 23.2 Å². The molecule has 25 heavy (non-hydrogen) atoms. The van der Waals surface area contributed by atoms with Crippen molar-refractivity contribution in [2.24, 2.45) is 4.99 Å². The number of benzene rings is 1. The van der Waals surface area contributed by atoms with Gasteiger partial charge in [0.1, 0.15) is 5.82 Å². The molecule has 1 aromatic carbocycles. The van der Waals surface area contributed by atoms with Gasteiger partial charge in [-0.25, -0.2) is 4.39 Å². The van der Waals surface area contributed by atoms with E-state index in [4.69, 9.17) is 4.74 Å². The molecule has 0 saturated carbocycles. The van der Waals surface area contributed by atoms with Crippen LogP contribution >= 0.6 is 11.3 Å². The summed E-state index contributed by atoms with van der Waals surface area (Å²) in [6.07, 6.45) is 0. The third-order valence-corrected chi connectivity index (χ3v) is 5.59. The lowest BCUT2D eigenvalue weighted by atomic mass is 9.93. The summed E-state index contributed by atoms with van der Waals surface area (Å²) in [5.74, 6) is -0.862. The zero-order valence-electron chi connectivity index (χ0n) is 15.6. The molecule has 0 spiro atoms. The van der Waals surface area contributed by atoms with Crippen molar-refractivity contribution >= 4 is 17.2 Å². The predicted octanol–water partition coefficient (Wildman–Crippen LogP) is 3.99. The second-order valence-corrected chi connectivity index (χ2v) is 8.05. The van der Waals surface area contributed by atoms with E-state index < -0.39 is 11.7 Å². The number of thiazole rings is 1. The molecule has 1 aromatic heterocycles. The smallest absolute Gasteiger partial charge is 0.280 e. The highest BCUT2D eigenvalue weighted by molar-refractivity contribution is 7.09. The maximum Gasteiger partial charge on any atom is 0.280 e. The van der Waals surface area contributed by atoms with Crippen molar-refractivity contribution in [1.29, 1.82) is 0 Å². The summed E-state index contributed by atoms with van der Waals surface area (Å²) in [6.45, 7) is 11.4. The van der Waals surface area contributed by atoms with E-state index in [1.807, 2.05) is 11.5 Å². The lowest BCUT2D eigenvalue weighted by Crippen LogP contribution is -2.21. The zero-order chi connectivity index (χ0) is 18.8. The Balaban J connectivity index is 2.57. The van der Waals surface area contributed by atoms with Crippen LogP contribution in [0.4, 0.5) is 4.39 Å². The second kappa shape index (κ2) is 7.62. The van der Waals surface area contributed by atoms with Crippen molar-refractivity contribution in [3.8, 4) is 0 Å².